The van der Waals surface area contributed by atoms with Crippen LogP contribution in [0.5, 0.6) is 0 Å². The Kier molecular flexibility index (Phi) is 2.00. The van der Waals surface area contributed by atoms with Crippen molar-refractivity contribution in [3.05, 3.63) is 11.6 Å². The first-order chi connectivity index (χ1) is 4.67. The molecule has 0 spiro atoms. The van der Waals surface area contributed by atoms with Gasteiger partial charge in [-0.2, -0.15) is 0 Å². The smallest absolute Gasteiger partial charge is 0.289 e. The molecule has 1 rings (SSSR count). The standard InChI is InChI=1S/C3H4N2O3S2/c6-5-10(7,8)3-4-1-2-9-3/h1-2,5-6H. The Morgan fingerprint density at radius 2 is 2.40 bits per heavy atom. The summed E-state index contributed by atoms with van der Waals surface area (Å²) in [5, 5.41) is 9.60. The summed E-state index contributed by atoms with van der Waals surface area (Å²) in [6, 6.07) is 0. The van der Waals surface area contributed by atoms with E-state index in [1.54, 1.807) is 0 Å². The predicted octanol–water partition coefficient (Wildman–Crippen LogP) is -0.189. The second-order valence-corrected chi connectivity index (χ2v) is 4.12. The van der Waals surface area contributed by atoms with E-state index in [0.29, 0.717) is 0 Å². The van der Waals surface area contributed by atoms with Crippen molar-refractivity contribution >= 4 is 21.4 Å². The third-order valence-electron chi connectivity index (χ3n) is 0.760. The average Bonchev–Trinajstić information content (AvgIpc) is 2.38. The highest BCUT2D eigenvalue weighted by Gasteiger charge is 2.14. The van der Waals surface area contributed by atoms with Gasteiger partial charge in [-0.15, -0.1) is 11.3 Å². The molecule has 0 atom stereocenters. The average molecular weight is 180 g/mol. The van der Waals surface area contributed by atoms with Crippen molar-refractivity contribution in [1.29, 1.82) is 0 Å². The Morgan fingerprint density at radius 3 is 2.80 bits per heavy atom. The summed E-state index contributed by atoms with van der Waals surface area (Å²) in [6.07, 6.45) is 1.34. The molecule has 0 aliphatic rings. The third-order valence-corrected chi connectivity index (χ3v) is 3.08. The zero-order valence-corrected chi connectivity index (χ0v) is 6.32. The Hall–Kier alpha value is -0.500. The van der Waals surface area contributed by atoms with E-state index in [4.69, 9.17) is 5.21 Å². The van der Waals surface area contributed by atoms with Crippen LogP contribution in [0, 0.1) is 0 Å². The molecule has 0 aliphatic heterocycles. The minimum absolute atomic E-state index is 0.144. The van der Waals surface area contributed by atoms with Crippen molar-refractivity contribution in [3.63, 3.8) is 0 Å². The third kappa shape index (κ3) is 1.32. The van der Waals surface area contributed by atoms with Gasteiger partial charge >= 0.3 is 0 Å². The molecule has 1 aromatic heterocycles. The van der Waals surface area contributed by atoms with Gasteiger partial charge in [0.25, 0.3) is 10.0 Å². The maximum Gasteiger partial charge on any atom is 0.289 e. The van der Waals surface area contributed by atoms with Crippen LogP contribution in [0.3, 0.4) is 0 Å². The van der Waals surface area contributed by atoms with Crippen LogP contribution in [0.2, 0.25) is 0 Å². The van der Waals surface area contributed by atoms with Crippen molar-refractivity contribution in [2.45, 2.75) is 4.34 Å². The van der Waals surface area contributed by atoms with Gasteiger partial charge in [-0.25, -0.2) is 13.4 Å². The Bertz CT molecular complexity index is 290. The maximum atomic E-state index is 10.6. The summed E-state index contributed by atoms with van der Waals surface area (Å²) in [5.41, 5.74) is 0. The molecule has 7 heteroatoms. The lowest BCUT2D eigenvalue weighted by molar-refractivity contribution is 0.242. The van der Waals surface area contributed by atoms with E-state index in [9.17, 15) is 8.42 Å². The van der Waals surface area contributed by atoms with E-state index in [-0.39, 0.29) is 4.34 Å². The highest BCUT2D eigenvalue weighted by atomic mass is 32.2. The van der Waals surface area contributed by atoms with Crippen LogP contribution in [0.1, 0.15) is 0 Å². The molecule has 0 radical (unpaired) electrons. The monoisotopic (exact) mass is 180 g/mol. The molecule has 1 aromatic rings. The van der Waals surface area contributed by atoms with Gasteiger partial charge in [-0.05, 0) is 0 Å². The number of rotatable bonds is 2. The predicted molar refractivity (Wildman–Crippen MR) is 34.2 cm³/mol. The molecule has 2 N–H and O–H groups in total. The van der Waals surface area contributed by atoms with Crippen molar-refractivity contribution in [2.24, 2.45) is 0 Å². The fraction of sp³-hybridized carbons (Fsp3) is 0. The van der Waals surface area contributed by atoms with Gasteiger partial charge in [0.15, 0.2) is 0 Å². The molecule has 0 fully saturated rings. The Morgan fingerprint density at radius 1 is 1.70 bits per heavy atom. The van der Waals surface area contributed by atoms with E-state index >= 15 is 0 Å². The molecule has 0 aromatic carbocycles. The fourth-order valence-electron chi connectivity index (χ4n) is 0.382. The molecular weight excluding hydrogens is 176 g/mol. The van der Waals surface area contributed by atoms with Gasteiger partial charge in [-0.3, -0.25) is 0 Å². The Labute approximate surface area is 61.4 Å². The van der Waals surface area contributed by atoms with Gasteiger partial charge in [0.1, 0.15) is 0 Å². The first-order valence-corrected chi connectivity index (χ1v) is 4.58. The topological polar surface area (TPSA) is 79.3 Å². The van der Waals surface area contributed by atoms with Gasteiger partial charge in [0.05, 0.1) is 0 Å². The van der Waals surface area contributed by atoms with Crippen molar-refractivity contribution in [1.82, 2.24) is 9.87 Å². The van der Waals surface area contributed by atoms with Crippen LogP contribution >= 0.6 is 11.3 Å². The molecule has 1 heterocycles. The van der Waals surface area contributed by atoms with Crippen LogP contribution < -0.4 is 4.89 Å². The van der Waals surface area contributed by atoms with E-state index in [0.717, 1.165) is 16.2 Å². The number of hydrogen-bond acceptors (Lipinski definition) is 5. The molecule has 0 aliphatic carbocycles. The minimum Gasteiger partial charge on any atom is -0.302 e. The number of hydrogen-bond donors (Lipinski definition) is 2. The normalized spacial score (nSPS) is 11.7. The van der Waals surface area contributed by atoms with E-state index in [1.807, 2.05) is 0 Å². The molecule has 0 bridgehead atoms. The molecule has 10 heavy (non-hydrogen) atoms. The Balaban J connectivity index is 3.09. The fourth-order valence-corrected chi connectivity index (χ4v) is 1.80. The summed E-state index contributed by atoms with van der Waals surface area (Å²) in [5.74, 6) is 0. The lowest BCUT2D eigenvalue weighted by Crippen LogP contribution is -2.18. The van der Waals surface area contributed by atoms with Crippen LogP contribution in [-0.2, 0) is 10.0 Å². The summed E-state index contributed by atoms with van der Waals surface area (Å²) in [6.45, 7) is 0. The minimum atomic E-state index is -3.74. The van der Waals surface area contributed by atoms with E-state index in [1.165, 1.54) is 11.6 Å². The van der Waals surface area contributed by atoms with E-state index < -0.39 is 10.0 Å². The van der Waals surface area contributed by atoms with Crippen molar-refractivity contribution < 1.29 is 13.6 Å². The zero-order valence-electron chi connectivity index (χ0n) is 4.68. The first kappa shape index (κ1) is 7.61. The van der Waals surface area contributed by atoms with Gasteiger partial charge < -0.3 is 5.21 Å². The van der Waals surface area contributed by atoms with Crippen LogP contribution in [-0.4, -0.2) is 18.6 Å². The van der Waals surface area contributed by atoms with Gasteiger partial charge in [-0.1, -0.05) is 4.89 Å². The second kappa shape index (κ2) is 2.62. The summed E-state index contributed by atoms with van der Waals surface area (Å²) >= 11 is 0.933. The lowest BCUT2D eigenvalue weighted by Gasteiger charge is -1.92. The largest absolute Gasteiger partial charge is 0.302 e. The zero-order chi connectivity index (χ0) is 7.61. The van der Waals surface area contributed by atoms with Crippen LogP contribution in [0.4, 0.5) is 0 Å². The van der Waals surface area contributed by atoms with Gasteiger partial charge in [0, 0.05) is 11.6 Å². The summed E-state index contributed by atoms with van der Waals surface area (Å²) in [4.78, 5) is 4.63. The number of sulfonamides is 1. The first-order valence-electron chi connectivity index (χ1n) is 2.22. The molecule has 0 unspecified atom stereocenters. The molecular formula is C3H4N2O3S2. The summed E-state index contributed by atoms with van der Waals surface area (Å²) in [7, 11) is -3.74. The van der Waals surface area contributed by atoms with E-state index in [2.05, 4.69) is 4.98 Å². The van der Waals surface area contributed by atoms with Crippen molar-refractivity contribution in [2.75, 3.05) is 0 Å². The SMILES string of the molecule is O=S(=O)(NO)c1nccs1. The van der Waals surface area contributed by atoms with Crippen LogP contribution in [0.15, 0.2) is 15.9 Å². The number of aromatic nitrogens is 1. The molecule has 0 amide bonds. The summed E-state index contributed by atoms with van der Waals surface area (Å²) < 4.78 is 21.2. The highest BCUT2D eigenvalue weighted by molar-refractivity contribution is 7.91. The lowest BCUT2D eigenvalue weighted by atomic mass is 11.0. The van der Waals surface area contributed by atoms with Crippen molar-refractivity contribution in [3.8, 4) is 0 Å². The van der Waals surface area contributed by atoms with Crippen LogP contribution in [0.25, 0.3) is 0 Å². The quantitative estimate of drug-likeness (QED) is 0.618. The molecule has 5 nitrogen and oxygen atoms in total. The highest BCUT2D eigenvalue weighted by Crippen LogP contribution is 2.09. The number of thiazole rings is 1. The molecule has 0 saturated carbocycles. The maximum absolute atomic E-state index is 10.6. The van der Waals surface area contributed by atoms with Gasteiger partial charge in [0.2, 0.25) is 4.34 Å². The molecule has 0 saturated heterocycles. The number of nitrogens with zero attached hydrogens (tertiary/aromatic N) is 1. The number of nitrogens with one attached hydrogen (secondary N) is 1. The second-order valence-electron chi connectivity index (χ2n) is 1.39. The molecule has 56 valence electrons.